The van der Waals surface area contributed by atoms with Crippen LogP contribution in [0.3, 0.4) is 0 Å². The van der Waals surface area contributed by atoms with Crippen molar-refractivity contribution in [2.75, 3.05) is 0 Å². The lowest BCUT2D eigenvalue weighted by atomic mass is 10.2. The summed E-state index contributed by atoms with van der Waals surface area (Å²) in [7, 11) is 0. The van der Waals surface area contributed by atoms with Gasteiger partial charge in [0, 0.05) is 6.42 Å². The third-order valence-corrected chi connectivity index (χ3v) is 2.57. The molecule has 0 spiro atoms. The Morgan fingerprint density at radius 1 is 1.60 bits per heavy atom. The molecular formula is C6H9IN2S. The molecule has 4 heteroatoms. The monoisotopic (exact) mass is 268 g/mol. The highest BCUT2D eigenvalue weighted by molar-refractivity contribution is 14.1. The molecule has 1 aromatic rings. The van der Waals surface area contributed by atoms with Crippen LogP contribution in [0.4, 0.5) is 0 Å². The second-order valence-corrected chi connectivity index (χ2v) is 4.57. The van der Waals surface area contributed by atoms with E-state index in [0.717, 1.165) is 15.3 Å². The van der Waals surface area contributed by atoms with Gasteiger partial charge < -0.3 is 0 Å². The van der Waals surface area contributed by atoms with E-state index >= 15 is 0 Å². The predicted molar refractivity (Wildman–Crippen MR) is 51.2 cm³/mol. The summed E-state index contributed by atoms with van der Waals surface area (Å²) in [6.07, 6.45) is 3.46. The Morgan fingerprint density at radius 3 is 2.90 bits per heavy atom. The maximum Gasteiger partial charge on any atom is 0.173 e. The van der Waals surface area contributed by atoms with Gasteiger partial charge in [-0.2, -0.15) is 4.37 Å². The molecule has 0 atom stereocenters. The summed E-state index contributed by atoms with van der Waals surface area (Å²) in [5.74, 6) is 1.01. The number of nitrogens with zero attached hydrogens (tertiary/aromatic N) is 2. The molecule has 56 valence electrons. The van der Waals surface area contributed by atoms with Gasteiger partial charge in [0.1, 0.15) is 5.82 Å². The molecular weight excluding hydrogens is 259 g/mol. The fourth-order valence-electron chi connectivity index (χ4n) is 0.669. The molecule has 0 aliphatic heterocycles. The topological polar surface area (TPSA) is 25.8 Å². The third kappa shape index (κ3) is 2.49. The first kappa shape index (κ1) is 8.39. The molecule has 0 aliphatic carbocycles. The van der Waals surface area contributed by atoms with E-state index < -0.39 is 0 Å². The van der Waals surface area contributed by atoms with Gasteiger partial charge >= 0.3 is 0 Å². The van der Waals surface area contributed by atoms with Gasteiger partial charge in [-0.1, -0.05) is 13.3 Å². The molecule has 0 aliphatic rings. The maximum atomic E-state index is 4.24. The minimum Gasteiger partial charge on any atom is -0.213 e. The lowest BCUT2D eigenvalue weighted by Crippen LogP contribution is -1.86. The number of hydrogen-bond acceptors (Lipinski definition) is 3. The number of halogens is 1. The molecule has 0 aromatic carbocycles. The minimum atomic E-state index is 1.01. The highest BCUT2D eigenvalue weighted by Gasteiger charge is 1.98. The molecule has 2 nitrogen and oxygen atoms in total. The van der Waals surface area contributed by atoms with E-state index in [-0.39, 0.29) is 0 Å². The second kappa shape index (κ2) is 4.23. The zero-order chi connectivity index (χ0) is 7.40. The average Bonchev–Trinajstić information content (AvgIpc) is 2.31. The van der Waals surface area contributed by atoms with Crippen molar-refractivity contribution in [3.63, 3.8) is 0 Å². The van der Waals surface area contributed by atoms with E-state index in [9.17, 15) is 0 Å². The van der Waals surface area contributed by atoms with Crippen LogP contribution in [0.2, 0.25) is 0 Å². The molecule has 0 N–H and O–H groups in total. The lowest BCUT2D eigenvalue weighted by Gasteiger charge is -1.88. The van der Waals surface area contributed by atoms with Crippen LogP contribution in [0, 0.1) is 3.01 Å². The van der Waals surface area contributed by atoms with E-state index in [1.54, 1.807) is 0 Å². The molecule has 0 radical (unpaired) electrons. The van der Waals surface area contributed by atoms with Gasteiger partial charge in [0.05, 0.1) is 0 Å². The van der Waals surface area contributed by atoms with E-state index in [4.69, 9.17) is 0 Å². The number of aromatic nitrogens is 2. The molecule has 0 amide bonds. The van der Waals surface area contributed by atoms with Crippen LogP contribution in [0.1, 0.15) is 25.6 Å². The number of rotatable bonds is 3. The Kier molecular flexibility index (Phi) is 3.55. The van der Waals surface area contributed by atoms with Gasteiger partial charge in [-0.15, -0.1) is 0 Å². The maximum absolute atomic E-state index is 4.24. The number of aryl methyl sites for hydroxylation is 1. The second-order valence-electron chi connectivity index (χ2n) is 2.07. The SMILES string of the molecule is CCCCc1nsc(I)n1. The Labute approximate surface area is 78.4 Å². The molecule has 0 bridgehead atoms. The summed E-state index contributed by atoms with van der Waals surface area (Å²) in [6.45, 7) is 2.18. The smallest absolute Gasteiger partial charge is 0.173 e. The van der Waals surface area contributed by atoms with E-state index in [2.05, 4.69) is 38.9 Å². The van der Waals surface area contributed by atoms with Crippen LogP contribution >= 0.6 is 34.1 Å². The van der Waals surface area contributed by atoms with Gasteiger partial charge in [-0.05, 0) is 40.5 Å². The highest BCUT2D eigenvalue weighted by atomic mass is 127. The Hall–Kier alpha value is 0.290. The molecule has 1 heterocycles. The normalized spacial score (nSPS) is 10.2. The summed E-state index contributed by atoms with van der Waals surface area (Å²) in [5.41, 5.74) is 0. The zero-order valence-electron chi connectivity index (χ0n) is 5.80. The van der Waals surface area contributed by atoms with Gasteiger partial charge in [-0.25, -0.2) is 4.98 Å². The van der Waals surface area contributed by atoms with Crippen molar-refractivity contribution in [1.29, 1.82) is 0 Å². The lowest BCUT2D eigenvalue weighted by molar-refractivity contribution is 0.764. The van der Waals surface area contributed by atoms with E-state index in [1.807, 2.05) is 0 Å². The Morgan fingerprint density at radius 2 is 2.40 bits per heavy atom. The predicted octanol–water partition coefficient (Wildman–Crippen LogP) is 2.49. The summed E-state index contributed by atoms with van der Waals surface area (Å²) in [6, 6.07) is 0. The molecule has 1 rings (SSSR count). The van der Waals surface area contributed by atoms with Gasteiger partial charge in [-0.3, -0.25) is 0 Å². The quantitative estimate of drug-likeness (QED) is 0.787. The van der Waals surface area contributed by atoms with Gasteiger partial charge in [0.15, 0.2) is 3.01 Å². The van der Waals surface area contributed by atoms with Crippen molar-refractivity contribution in [2.45, 2.75) is 26.2 Å². The largest absolute Gasteiger partial charge is 0.213 e. The first-order valence-electron chi connectivity index (χ1n) is 3.31. The van der Waals surface area contributed by atoms with Crippen LogP contribution < -0.4 is 0 Å². The standard InChI is InChI=1S/C6H9IN2S/c1-2-3-4-5-8-6(7)10-9-5/h2-4H2,1H3. The summed E-state index contributed by atoms with van der Waals surface area (Å²) in [4.78, 5) is 4.24. The van der Waals surface area contributed by atoms with Crippen molar-refractivity contribution in [3.8, 4) is 0 Å². The van der Waals surface area contributed by atoms with Crippen LogP contribution in [-0.4, -0.2) is 9.36 Å². The van der Waals surface area contributed by atoms with Crippen molar-refractivity contribution in [1.82, 2.24) is 9.36 Å². The van der Waals surface area contributed by atoms with Crippen molar-refractivity contribution >= 4 is 34.1 Å². The minimum absolute atomic E-state index is 1.01. The summed E-state index contributed by atoms with van der Waals surface area (Å²) >= 11 is 3.68. The average molecular weight is 268 g/mol. The highest BCUT2D eigenvalue weighted by Crippen LogP contribution is 2.08. The van der Waals surface area contributed by atoms with Crippen LogP contribution in [0.5, 0.6) is 0 Å². The Bertz CT molecular complexity index is 199. The first-order chi connectivity index (χ1) is 4.83. The number of hydrogen-bond donors (Lipinski definition) is 0. The Balaban J connectivity index is 2.42. The van der Waals surface area contributed by atoms with Gasteiger partial charge in [0.25, 0.3) is 0 Å². The fourth-order valence-corrected chi connectivity index (χ4v) is 1.70. The van der Waals surface area contributed by atoms with Crippen molar-refractivity contribution in [3.05, 3.63) is 8.84 Å². The van der Waals surface area contributed by atoms with Crippen LogP contribution in [0.25, 0.3) is 0 Å². The van der Waals surface area contributed by atoms with E-state index in [1.165, 1.54) is 24.4 Å². The number of unbranched alkanes of at least 4 members (excludes halogenated alkanes) is 1. The van der Waals surface area contributed by atoms with E-state index in [0.29, 0.717) is 0 Å². The summed E-state index contributed by atoms with van der Waals surface area (Å²) in [5, 5.41) is 0. The van der Waals surface area contributed by atoms with Gasteiger partial charge in [0.2, 0.25) is 0 Å². The molecule has 10 heavy (non-hydrogen) atoms. The molecule has 0 saturated carbocycles. The third-order valence-electron chi connectivity index (χ3n) is 1.20. The first-order valence-corrected chi connectivity index (χ1v) is 5.16. The molecule has 0 unspecified atom stereocenters. The molecule has 0 fully saturated rings. The van der Waals surface area contributed by atoms with Crippen molar-refractivity contribution < 1.29 is 0 Å². The fraction of sp³-hybridized carbons (Fsp3) is 0.667. The molecule has 0 saturated heterocycles. The summed E-state index contributed by atoms with van der Waals surface area (Å²) < 4.78 is 5.22. The van der Waals surface area contributed by atoms with Crippen LogP contribution in [0.15, 0.2) is 0 Å². The molecule has 1 aromatic heterocycles. The van der Waals surface area contributed by atoms with Crippen molar-refractivity contribution in [2.24, 2.45) is 0 Å². The zero-order valence-corrected chi connectivity index (χ0v) is 8.78. The van der Waals surface area contributed by atoms with Crippen LogP contribution in [-0.2, 0) is 6.42 Å².